The predicted molar refractivity (Wildman–Crippen MR) is 89.6 cm³/mol. The van der Waals surface area contributed by atoms with Gasteiger partial charge in [-0.3, -0.25) is 4.79 Å². The highest BCUT2D eigenvalue weighted by molar-refractivity contribution is 9.10. The van der Waals surface area contributed by atoms with Gasteiger partial charge >= 0.3 is 5.97 Å². The van der Waals surface area contributed by atoms with Gasteiger partial charge in [0.1, 0.15) is 10.6 Å². The molecular weight excluding hydrogens is 332 g/mol. The maximum Gasteiger partial charge on any atom is 0.317 e. The standard InChI is InChI=1S/C17H25BrO3/c1-16(2,3)11-7-10(9-13(18)15(20)21)8-12(14(11)19)17(4,5)6/h7-8,13,19H,9H2,1-6H3,(H,20,21). The van der Waals surface area contributed by atoms with Crippen molar-refractivity contribution < 1.29 is 15.0 Å². The van der Waals surface area contributed by atoms with Gasteiger partial charge in [-0.25, -0.2) is 0 Å². The van der Waals surface area contributed by atoms with Crippen LogP contribution in [0.25, 0.3) is 0 Å². The predicted octanol–water partition coefficient (Wildman–Crippen LogP) is 4.38. The number of aromatic hydroxyl groups is 1. The van der Waals surface area contributed by atoms with E-state index in [1.165, 1.54) is 0 Å². The number of carboxylic acids is 1. The van der Waals surface area contributed by atoms with Gasteiger partial charge in [0.2, 0.25) is 0 Å². The summed E-state index contributed by atoms with van der Waals surface area (Å²) in [6.45, 7) is 12.3. The molecule has 0 aliphatic rings. The van der Waals surface area contributed by atoms with Crippen molar-refractivity contribution in [3.63, 3.8) is 0 Å². The summed E-state index contributed by atoms with van der Waals surface area (Å²) in [6.07, 6.45) is 0.391. The molecular formula is C17H25BrO3. The SMILES string of the molecule is CC(C)(C)c1cc(CC(Br)C(=O)O)cc(C(C)(C)C)c1O. The van der Waals surface area contributed by atoms with Gasteiger partial charge in [-0.15, -0.1) is 0 Å². The second-order valence-electron chi connectivity index (χ2n) is 7.55. The second-order valence-corrected chi connectivity index (χ2v) is 8.65. The van der Waals surface area contributed by atoms with Crippen LogP contribution in [0, 0.1) is 0 Å². The Morgan fingerprint density at radius 2 is 1.48 bits per heavy atom. The molecule has 0 radical (unpaired) electrons. The van der Waals surface area contributed by atoms with Crippen LogP contribution in [0.3, 0.4) is 0 Å². The number of rotatable bonds is 3. The summed E-state index contributed by atoms with van der Waals surface area (Å²) in [5.74, 6) is -0.558. The summed E-state index contributed by atoms with van der Waals surface area (Å²) in [7, 11) is 0. The van der Waals surface area contributed by atoms with Gasteiger partial charge in [0.25, 0.3) is 0 Å². The number of halogens is 1. The normalized spacial score (nSPS) is 14.0. The van der Waals surface area contributed by atoms with Gasteiger partial charge in [-0.05, 0) is 33.9 Å². The number of aliphatic carboxylic acids is 1. The molecule has 1 rings (SSSR count). The van der Waals surface area contributed by atoms with Crippen molar-refractivity contribution in [1.29, 1.82) is 0 Å². The summed E-state index contributed by atoms with van der Waals surface area (Å²) in [5, 5.41) is 19.7. The molecule has 4 heteroatoms. The van der Waals surface area contributed by atoms with E-state index < -0.39 is 10.8 Å². The molecule has 3 nitrogen and oxygen atoms in total. The number of benzene rings is 1. The van der Waals surface area contributed by atoms with Gasteiger partial charge in [0, 0.05) is 0 Å². The maximum atomic E-state index is 11.0. The van der Waals surface area contributed by atoms with Gasteiger partial charge in [-0.1, -0.05) is 69.6 Å². The third-order valence-corrected chi connectivity index (χ3v) is 4.18. The number of phenolic OH excluding ortho intramolecular Hbond substituents is 1. The smallest absolute Gasteiger partial charge is 0.317 e. The van der Waals surface area contributed by atoms with Crippen LogP contribution in [0.2, 0.25) is 0 Å². The quantitative estimate of drug-likeness (QED) is 0.790. The summed E-state index contributed by atoms with van der Waals surface area (Å²) in [5.41, 5.74) is 2.23. The monoisotopic (exact) mass is 356 g/mol. The second kappa shape index (κ2) is 5.99. The molecule has 21 heavy (non-hydrogen) atoms. The summed E-state index contributed by atoms with van der Waals surface area (Å²) in [6, 6.07) is 3.84. The van der Waals surface area contributed by atoms with E-state index in [1.807, 2.05) is 53.7 Å². The molecule has 0 saturated carbocycles. The van der Waals surface area contributed by atoms with Crippen molar-refractivity contribution in [2.75, 3.05) is 0 Å². The molecule has 0 heterocycles. The van der Waals surface area contributed by atoms with Crippen LogP contribution >= 0.6 is 15.9 Å². The Balaban J connectivity index is 3.44. The Bertz CT molecular complexity index is 501. The van der Waals surface area contributed by atoms with E-state index in [9.17, 15) is 9.90 Å². The van der Waals surface area contributed by atoms with E-state index >= 15 is 0 Å². The van der Waals surface area contributed by atoms with Crippen LogP contribution in [-0.4, -0.2) is 21.0 Å². The molecule has 0 aromatic heterocycles. The third-order valence-electron chi connectivity index (χ3n) is 3.47. The van der Waals surface area contributed by atoms with Crippen LogP contribution in [0.15, 0.2) is 12.1 Å². The molecule has 1 aromatic rings. The number of hydrogen-bond acceptors (Lipinski definition) is 2. The van der Waals surface area contributed by atoms with Crippen molar-refractivity contribution in [2.24, 2.45) is 0 Å². The number of alkyl halides is 1. The zero-order chi connectivity index (χ0) is 16.6. The van der Waals surface area contributed by atoms with Crippen LogP contribution in [0.4, 0.5) is 0 Å². The van der Waals surface area contributed by atoms with E-state index in [2.05, 4.69) is 15.9 Å². The van der Waals surface area contributed by atoms with Gasteiger partial charge in [-0.2, -0.15) is 0 Å². The largest absolute Gasteiger partial charge is 0.507 e. The minimum Gasteiger partial charge on any atom is -0.507 e. The molecule has 0 amide bonds. The van der Waals surface area contributed by atoms with Crippen molar-refractivity contribution >= 4 is 21.9 Å². The van der Waals surface area contributed by atoms with Crippen molar-refractivity contribution in [1.82, 2.24) is 0 Å². The number of carboxylic acid groups (broad SMARTS) is 1. The Hall–Kier alpha value is -1.03. The fourth-order valence-electron chi connectivity index (χ4n) is 2.25. The van der Waals surface area contributed by atoms with Gasteiger partial charge in [0.05, 0.1) is 0 Å². The molecule has 2 N–H and O–H groups in total. The Kier molecular flexibility index (Phi) is 5.14. The molecule has 1 aromatic carbocycles. The molecule has 0 saturated heterocycles. The van der Waals surface area contributed by atoms with Crippen molar-refractivity contribution in [2.45, 2.75) is 63.6 Å². The zero-order valence-corrected chi connectivity index (χ0v) is 15.2. The fourth-order valence-corrected chi connectivity index (χ4v) is 2.62. The van der Waals surface area contributed by atoms with Gasteiger partial charge in [0.15, 0.2) is 0 Å². The van der Waals surface area contributed by atoms with E-state index in [1.54, 1.807) is 0 Å². The highest BCUT2D eigenvalue weighted by atomic mass is 79.9. The minimum absolute atomic E-state index is 0.203. The Morgan fingerprint density at radius 1 is 1.10 bits per heavy atom. The molecule has 0 aliphatic heterocycles. The van der Waals surface area contributed by atoms with Crippen LogP contribution in [-0.2, 0) is 22.0 Å². The zero-order valence-electron chi connectivity index (χ0n) is 13.6. The average molecular weight is 357 g/mol. The molecule has 1 unspecified atom stereocenters. The summed E-state index contributed by atoms with van der Waals surface area (Å²) >= 11 is 3.19. The maximum absolute atomic E-state index is 11.0. The van der Waals surface area contributed by atoms with E-state index in [0.717, 1.165) is 16.7 Å². The number of carbonyl (C=O) groups is 1. The first kappa shape index (κ1) is 18.0. The number of phenols is 1. The first-order valence-corrected chi connectivity index (χ1v) is 7.99. The van der Waals surface area contributed by atoms with E-state index in [4.69, 9.17) is 5.11 Å². The summed E-state index contributed by atoms with van der Waals surface area (Å²) < 4.78 is 0. The van der Waals surface area contributed by atoms with Crippen LogP contribution in [0.5, 0.6) is 5.75 Å². The highest BCUT2D eigenvalue weighted by Gasteiger charge is 2.27. The third kappa shape index (κ3) is 4.47. The first-order chi connectivity index (χ1) is 9.34. The summed E-state index contributed by atoms with van der Waals surface area (Å²) in [4.78, 5) is 10.4. The molecule has 0 fully saturated rings. The molecule has 0 aliphatic carbocycles. The lowest BCUT2D eigenvalue weighted by atomic mass is 9.78. The van der Waals surface area contributed by atoms with Crippen LogP contribution in [0.1, 0.15) is 58.2 Å². The fraction of sp³-hybridized carbons (Fsp3) is 0.588. The lowest BCUT2D eigenvalue weighted by Crippen LogP contribution is -2.20. The van der Waals surface area contributed by atoms with Crippen molar-refractivity contribution in [3.05, 3.63) is 28.8 Å². The average Bonchev–Trinajstić information content (AvgIpc) is 2.27. The lowest BCUT2D eigenvalue weighted by molar-refractivity contribution is -0.136. The van der Waals surface area contributed by atoms with Gasteiger partial charge < -0.3 is 10.2 Å². The first-order valence-electron chi connectivity index (χ1n) is 7.07. The lowest BCUT2D eigenvalue weighted by Gasteiger charge is -2.28. The minimum atomic E-state index is -0.877. The van der Waals surface area contributed by atoms with Crippen LogP contribution < -0.4 is 0 Å². The number of hydrogen-bond donors (Lipinski definition) is 2. The molecule has 0 bridgehead atoms. The highest BCUT2D eigenvalue weighted by Crippen LogP contribution is 2.40. The molecule has 0 spiro atoms. The van der Waals surface area contributed by atoms with E-state index in [0.29, 0.717) is 12.2 Å². The molecule has 1 atom stereocenters. The topological polar surface area (TPSA) is 57.5 Å². The van der Waals surface area contributed by atoms with Crippen molar-refractivity contribution in [3.8, 4) is 5.75 Å². The Labute approximate surface area is 135 Å². The molecule has 118 valence electrons. The van der Waals surface area contributed by atoms with E-state index in [-0.39, 0.29) is 10.8 Å². The Morgan fingerprint density at radius 3 is 1.76 bits per heavy atom.